The van der Waals surface area contributed by atoms with Gasteiger partial charge in [0.05, 0.1) is 12.6 Å². The van der Waals surface area contributed by atoms with Crippen LogP contribution in [-0.2, 0) is 0 Å². The van der Waals surface area contributed by atoms with Crippen molar-refractivity contribution >= 4 is 6.21 Å². The molecule has 28 heavy (non-hydrogen) atoms. The van der Waals surface area contributed by atoms with Gasteiger partial charge in [0, 0.05) is 49.7 Å². The molecule has 0 saturated carbocycles. The maximum Gasteiger partial charge on any atom is 0.117 e. The van der Waals surface area contributed by atoms with Crippen LogP contribution in [0, 0.1) is 11.3 Å². The van der Waals surface area contributed by atoms with E-state index in [0.717, 1.165) is 44.6 Å². The van der Waals surface area contributed by atoms with Crippen LogP contribution in [0.1, 0.15) is 59.3 Å². The van der Waals surface area contributed by atoms with E-state index in [2.05, 4.69) is 48.3 Å². The average Bonchev–Trinajstić information content (AvgIpc) is 2.99. The van der Waals surface area contributed by atoms with Crippen molar-refractivity contribution in [3.8, 4) is 6.07 Å². The van der Waals surface area contributed by atoms with Crippen molar-refractivity contribution in [2.75, 3.05) is 33.2 Å². The highest BCUT2D eigenvalue weighted by Gasteiger charge is 2.22. The van der Waals surface area contributed by atoms with E-state index in [1.165, 1.54) is 42.7 Å². The Morgan fingerprint density at radius 1 is 1.32 bits per heavy atom. The minimum absolute atomic E-state index is 0.184. The van der Waals surface area contributed by atoms with E-state index in [-0.39, 0.29) is 6.17 Å². The third kappa shape index (κ3) is 6.53. The lowest BCUT2D eigenvalue weighted by Gasteiger charge is -2.27. The fourth-order valence-corrected chi connectivity index (χ4v) is 3.87. The van der Waals surface area contributed by atoms with Crippen LogP contribution in [0.4, 0.5) is 0 Å². The number of likely N-dealkylation sites (N-methyl/N-ethyl adjacent to an activating group) is 1. The first-order valence-electron chi connectivity index (χ1n) is 10.8. The topological polar surface area (TPSA) is 54.7 Å². The maximum atomic E-state index is 9.17. The number of hydrogen-bond acceptors (Lipinski definition) is 5. The van der Waals surface area contributed by atoms with Crippen LogP contribution in [0.25, 0.3) is 0 Å². The molecule has 5 nitrogen and oxygen atoms in total. The van der Waals surface area contributed by atoms with Crippen LogP contribution in [0.3, 0.4) is 0 Å². The molecule has 0 spiro atoms. The number of nitrogens with one attached hydrogen (secondary N) is 1. The molecule has 154 valence electrons. The SMILES string of the molecule is C/C=C(C#N)\C=C(/C)N1CCC2=C(CC1)N(C)CC(NCCCCCC)N=C2. The van der Waals surface area contributed by atoms with E-state index in [9.17, 15) is 5.26 Å². The maximum absolute atomic E-state index is 9.17. The third-order valence-corrected chi connectivity index (χ3v) is 5.67. The summed E-state index contributed by atoms with van der Waals surface area (Å²) in [7, 11) is 2.20. The fourth-order valence-electron chi connectivity index (χ4n) is 3.87. The molecule has 5 heteroatoms. The zero-order valence-corrected chi connectivity index (χ0v) is 18.2. The predicted octanol–water partition coefficient (Wildman–Crippen LogP) is 4.22. The number of allylic oxidation sites excluding steroid dienone is 4. The minimum Gasteiger partial charge on any atom is -0.374 e. The molecule has 0 bridgehead atoms. The van der Waals surface area contributed by atoms with Gasteiger partial charge in [0.2, 0.25) is 0 Å². The summed E-state index contributed by atoms with van der Waals surface area (Å²) >= 11 is 0. The summed E-state index contributed by atoms with van der Waals surface area (Å²) in [5.41, 5.74) is 4.67. The Morgan fingerprint density at radius 3 is 2.82 bits per heavy atom. The van der Waals surface area contributed by atoms with E-state index in [0.29, 0.717) is 0 Å². The van der Waals surface area contributed by atoms with Crippen molar-refractivity contribution in [2.45, 2.75) is 65.5 Å². The van der Waals surface area contributed by atoms with Gasteiger partial charge in [-0.05, 0) is 44.9 Å². The van der Waals surface area contributed by atoms with Crippen LogP contribution in [0.2, 0.25) is 0 Å². The largest absolute Gasteiger partial charge is 0.374 e. The van der Waals surface area contributed by atoms with Crippen molar-refractivity contribution in [2.24, 2.45) is 4.99 Å². The Bertz CT molecular complexity index is 665. The van der Waals surface area contributed by atoms with Crippen molar-refractivity contribution in [3.63, 3.8) is 0 Å². The summed E-state index contributed by atoms with van der Waals surface area (Å²) in [6.07, 6.45) is 13.3. The highest BCUT2D eigenvalue weighted by Crippen LogP contribution is 2.24. The molecule has 0 aromatic carbocycles. The van der Waals surface area contributed by atoms with Gasteiger partial charge in [0.1, 0.15) is 6.17 Å². The van der Waals surface area contributed by atoms with Crippen molar-refractivity contribution in [3.05, 3.63) is 34.7 Å². The second kappa shape index (κ2) is 11.7. The smallest absolute Gasteiger partial charge is 0.117 e. The lowest BCUT2D eigenvalue weighted by Crippen LogP contribution is -2.38. The second-order valence-corrected chi connectivity index (χ2v) is 7.79. The number of aliphatic imine (C=N–C) groups is 1. The van der Waals surface area contributed by atoms with Crippen LogP contribution in [0.15, 0.2) is 39.7 Å². The zero-order valence-electron chi connectivity index (χ0n) is 18.2. The molecule has 2 aliphatic rings. The first kappa shape index (κ1) is 22.2. The molecule has 1 atom stereocenters. The Kier molecular flexibility index (Phi) is 9.30. The number of unbranched alkanes of at least 4 members (excludes halogenated alkanes) is 3. The van der Waals surface area contributed by atoms with E-state index >= 15 is 0 Å². The minimum atomic E-state index is 0.184. The van der Waals surface area contributed by atoms with Gasteiger partial charge in [0.25, 0.3) is 0 Å². The van der Waals surface area contributed by atoms with Crippen LogP contribution < -0.4 is 5.32 Å². The standard InChI is InChI=1S/C23H37N5/c1-5-7-8-9-12-25-23-18-27(4)22-11-14-28(13-10-21(22)17-26-23)19(3)15-20(6-2)16-24/h6,15,17,23,25H,5,7-14,18H2,1-4H3/b19-15+,20-6+. The van der Waals surface area contributed by atoms with E-state index in [4.69, 9.17) is 4.99 Å². The zero-order chi connectivity index (χ0) is 20.4. The van der Waals surface area contributed by atoms with Gasteiger partial charge < -0.3 is 9.80 Å². The first-order chi connectivity index (χ1) is 13.6. The molecule has 2 aliphatic heterocycles. The molecule has 0 saturated heterocycles. The predicted molar refractivity (Wildman–Crippen MR) is 118 cm³/mol. The van der Waals surface area contributed by atoms with Crippen molar-refractivity contribution in [1.82, 2.24) is 15.1 Å². The Balaban J connectivity index is 1.95. The van der Waals surface area contributed by atoms with Gasteiger partial charge in [-0.2, -0.15) is 5.26 Å². The van der Waals surface area contributed by atoms with Gasteiger partial charge >= 0.3 is 0 Å². The fraction of sp³-hybridized carbons (Fsp3) is 0.652. The second-order valence-electron chi connectivity index (χ2n) is 7.79. The normalized spacial score (nSPS) is 21.3. The molecule has 1 unspecified atom stereocenters. The monoisotopic (exact) mass is 383 g/mol. The van der Waals surface area contributed by atoms with E-state index < -0.39 is 0 Å². The molecule has 0 amide bonds. The van der Waals surface area contributed by atoms with Gasteiger partial charge in [-0.3, -0.25) is 10.3 Å². The summed E-state index contributed by atoms with van der Waals surface area (Å²) in [5, 5.41) is 12.8. The summed E-state index contributed by atoms with van der Waals surface area (Å²) in [6, 6.07) is 2.25. The Morgan fingerprint density at radius 2 is 2.11 bits per heavy atom. The van der Waals surface area contributed by atoms with Crippen molar-refractivity contribution in [1.29, 1.82) is 5.26 Å². The molecular weight excluding hydrogens is 346 g/mol. The first-order valence-corrected chi connectivity index (χ1v) is 10.8. The summed E-state index contributed by atoms with van der Waals surface area (Å²) in [5.74, 6) is 0. The number of hydrogen-bond donors (Lipinski definition) is 1. The van der Waals surface area contributed by atoms with E-state index in [1.54, 1.807) is 0 Å². The van der Waals surface area contributed by atoms with Gasteiger partial charge in [-0.1, -0.05) is 32.3 Å². The highest BCUT2D eigenvalue weighted by atomic mass is 15.2. The molecule has 0 aromatic rings. The molecule has 2 heterocycles. The van der Waals surface area contributed by atoms with Gasteiger partial charge in [-0.25, -0.2) is 0 Å². The molecule has 2 rings (SSSR count). The molecular formula is C23H37N5. The molecule has 0 fully saturated rings. The molecule has 0 aliphatic carbocycles. The molecule has 0 aromatic heterocycles. The van der Waals surface area contributed by atoms with Crippen molar-refractivity contribution < 1.29 is 0 Å². The summed E-state index contributed by atoms with van der Waals surface area (Å²) in [6.45, 7) is 10.2. The van der Waals surface area contributed by atoms with Crippen LogP contribution in [0.5, 0.6) is 0 Å². The van der Waals surface area contributed by atoms with Gasteiger partial charge in [0.15, 0.2) is 0 Å². The number of nitrogens with zero attached hydrogens (tertiary/aromatic N) is 4. The summed E-state index contributed by atoms with van der Waals surface area (Å²) in [4.78, 5) is 9.62. The molecule has 0 radical (unpaired) electrons. The Labute approximate surface area is 171 Å². The highest BCUT2D eigenvalue weighted by molar-refractivity contribution is 5.80. The Hall–Kier alpha value is -2.06. The lowest BCUT2D eigenvalue weighted by molar-refractivity contribution is 0.321. The average molecular weight is 384 g/mol. The van der Waals surface area contributed by atoms with Crippen LogP contribution >= 0.6 is 0 Å². The van der Waals surface area contributed by atoms with Crippen LogP contribution in [-0.4, -0.2) is 55.4 Å². The van der Waals surface area contributed by atoms with E-state index in [1.807, 2.05) is 19.1 Å². The molecule has 1 N–H and O–H groups in total. The lowest BCUT2D eigenvalue weighted by atomic mass is 10.1. The van der Waals surface area contributed by atoms with Gasteiger partial charge in [-0.15, -0.1) is 0 Å². The number of rotatable bonds is 8. The number of nitriles is 1. The third-order valence-electron chi connectivity index (χ3n) is 5.67. The summed E-state index contributed by atoms with van der Waals surface area (Å²) < 4.78 is 0. The quantitative estimate of drug-likeness (QED) is 0.387.